The first-order valence-corrected chi connectivity index (χ1v) is 6.29. The Balaban J connectivity index is -0.0000000655. The molecule has 0 aliphatic carbocycles. The van der Waals surface area contributed by atoms with Gasteiger partial charge < -0.3 is 5.48 Å². The minimum absolute atomic E-state index is 0. The van der Waals surface area contributed by atoms with Gasteiger partial charge in [-0.25, -0.2) is 0 Å². The molecule has 0 saturated heterocycles. The summed E-state index contributed by atoms with van der Waals surface area (Å²) < 4.78 is 94.8. The summed E-state index contributed by atoms with van der Waals surface area (Å²) in [4.78, 5) is 0. The standard InChI is InChI=1S/3H2O4S.H2O/c3*1-5(2,3)4;/h3*(H2,1,2,3,4);1H2. The van der Waals surface area contributed by atoms with Crippen LogP contribution in [0.25, 0.3) is 0 Å². The lowest BCUT2D eigenvalue weighted by Crippen LogP contribution is -1.89. The fourth-order valence-corrected chi connectivity index (χ4v) is 0. The summed E-state index contributed by atoms with van der Waals surface area (Å²) in [5, 5.41) is 0. The van der Waals surface area contributed by atoms with E-state index in [2.05, 4.69) is 0 Å². The third-order valence-electron chi connectivity index (χ3n) is 0. The molecule has 0 radical (unpaired) electrons. The molecule has 104 valence electrons. The van der Waals surface area contributed by atoms with Gasteiger partial charge in [0.2, 0.25) is 0 Å². The molecule has 0 heterocycles. The maximum Gasteiger partial charge on any atom is 0.394 e. The van der Waals surface area contributed by atoms with Crippen molar-refractivity contribution in [3.63, 3.8) is 0 Å². The maximum atomic E-state index is 8.74. The summed E-state index contributed by atoms with van der Waals surface area (Å²) in [6.45, 7) is 0. The minimum Gasteiger partial charge on any atom is -0.412 e. The van der Waals surface area contributed by atoms with E-state index < -0.39 is 31.2 Å². The van der Waals surface area contributed by atoms with Crippen LogP contribution in [0.1, 0.15) is 0 Å². The molecule has 0 aromatic heterocycles. The van der Waals surface area contributed by atoms with Gasteiger partial charge in [0.15, 0.2) is 0 Å². The maximum absolute atomic E-state index is 8.74. The average Bonchev–Trinajstić information content (AvgIpc) is 1.41. The second kappa shape index (κ2) is 8.69. The summed E-state index contributed by atoms with van der Waals surface area (Å²) in [7, 11) is -14.0. The zero-order chi connectivity index (χ0) is 13.5. The molecule has 0 bridgehead atoms. The van der Waals surface area contributed by atoms with E-state index in [1.54, 1.807) is 0 Å². The Morgan fingerprint density at radius 3 is 0.438 bits per heavy atom. The van der Waals surface area contributed by atoms with Crippen molar-refractivity contribution in [2.45, 2.75) is 0 Å². The lowest BCUT2D eigenvalue weighted by molar-refractivity contribution is 0.378. The van der Waals surface area contributed by atoms with Gasteiger partial charge in [-0.3, -0.25) is 27.3 Å². The molecule has 16 heteroatoms. The first kappa shape index (κ1) is 24.7. The summed E-state index contributed by atoms with van der Waals surface area (Å²) in [6.07, 6.45) is 0. The van der Waals surface area contributed by atoms with Crippen LogP contribution in [0.4, 0.5) is 0 Å². The van der Waals surface area contributed by atoms with Crippen molar-refractivity contribution < 1.29 is 58.0 Å². The van der Waals surface area contributed by atoms with Crippen LogP contribution in [-0.4, -0.2) is 58.0 Å². The smallest absolute Gasteiger partial charge is 0.394 e. The molecular weight excluding hydrogens is 304 g/mol. The van der Waals surface area contributed by atoms with Gasteiger partial charge in [0.25, 0.3) is 0 Å². The third kappa shape index (κ3) is 11600. The number of hydrogen-bond acceptors (Lipinski definition) is 6. The van der Waals surface area contributed by atoms with E-state index in [0.29, 0.717) is 0 Å². The van der Waals surface area contributed by atoms with Gasteiger partial charge in [-0.1, -0.05) is 0 Å². The Labute approximate surface area is 89.8 Å². The Morgan fingerprint density at radius 1 is 0.438 bits per heavy atom. The molecule has 0 aromatic rings. The van der Waals surface area contributed by atoms with Crippen LogP contribution in [-0.2, 0) is 31.2 Å². The third-order valence-corrected chi connectivity index (χ3v) is 0. The molecule has 0 rings (SSSR count). The Morgan fingerprint density at radius 2 is 0.438 bits per heavy atom. The van der Waals surface area contributed by atoms with Crippen LogP contribution < -0.4 is 0 Å². The van der Waals surface area contributed by atoms with Gasteiger partial charge >= 0.3 is 31.2 Å². The van der Waals surface area contributed by atoms with E-state index in [1.165, 1.54) is 0 Å². The van der Waals surface area contributed by atoms with Gasteiger partial charge in [-0.15, -0.1) is 0 Å². The lowest BCUT2D eigenvalue weighted by atomic mass is 15.8. The normalized spacial score (nSPS) is 10.9. The van der Waals surface area contributed by atoms with Gasteiger partial charge in [0, 0.05) is 0 Å². The topological polar surface area (TPSA) is 255 Å². The Hall–Kier alpha value is -0.430. The molecule has 0 aromatic carbocycles. The summed E-state index contributed by atoms with van der Waals surface area (Å²) >= 11 is 0. The van der Waals surface area contributed by atoms with Crippen LogP contribution in [0.5, 0.6) is 0 Å². The van der Waals surface area contributed by atoms with E-state index in [0.717, 1.165) is 0 Å². The fourth-order valence-electron chi connectivity index (χ4n) is 0. The highest BCUT2D eigenvalue weighted by molar-refractivity contribution is 7.80. The van der Waals surface area contributed by atoms with Crippen molar-refractivity contribution in [1.29, 1.82) is 0 Å². The molecule has 0 aliphatic rings. The average molecular weight is 312 g/mol. The molecular formula is H8O13S3. The monoisotopic (exact) mass is 312 g/mol. The Bertz CT molecular complexity index is 332. The molecule has 16 heavy (non-hydrogen) atoms. The first-order chi connectivity index (χ1) is 6.00. The second-order valence-electron chi connectivity index (χ2n) is 1.34. The van der Waals surface area contributed by atoms with Crippen LogP contribution in [0.3, 0.4) is 0 Å². The van der Waals surface area contributed by atoms with E-state index in [-0.39, 0.29) is 5.48 Å². The lowest BCUT2D eigenvalue weighted by Gasteiger charge is -1.68. The van der Waals surface area contributed by atoms with E-state index in [9.17, 15) is 0 Å². The largest absolute Gasteiger partial charge is 0.412 e. The van der Waals surface area contributed by atoms with Crippen molar-refractivity contribution in [3.8, 4) is 0 Å². The number of hydrogen-bond donors (Lipinski definition) is 6. The predicted molar refractivity (Wildman–Crippen MR) is 46.1 cm³/mol. The summed E-state index contributed by atoms with van der Waals surface area (Å²) in [5.74, 6) is 0. The van der Waals surface area contributed by atoms with Gasteiger partial charge in [-0.05, 0) is 0 Å². The predicted octanol–water partition coefficient (Wildman–Crippen LogP) is -2.78. The quantitative estimate of drug-likeness (QED) is 0.248. The highest BCUT2D eigenvalue weighted by Gasteiger charge is 1.85. The molecule has 0 atom stereocenters. The van der Waals surface area contributed by atoms with Crippen LogP contribution in [0.15, 0.2) is 0 Å². The van der Waals surface area contributed by atoms with Gasteiger partial charge in [0.1, 0.15) is 0 Å². The zero-order valence-corrected chi connectivity index (χ0v) is 9.31. The molecule has 0 amide bonds. The molecule has 0 spiro atoms. The second-order valence-corrected chi connectivity index (χ2v) is 4.03. The molecule has 0 unspecified atom stereocenters. The zero-order valence-electron chi connectivity index (χ0n) is 6.86. The SMILES string of the molecule is O.O=S(=O)(O)O.O=S(=O)(O)O.O=S(=O)(O)O. The molecule has 0 fully saturated rings. The first-order valence-electron chi connectivity index (χ1n) is 2.10. The molecule has 0 aliphatic heterocycles. The van der Waals surface area contributed by atoms with Crippen LogP contribution in [0, 0.1) is 0 Å². The van der Waals surface area contributed by atoms with Crippen molar-refractivity contribution in [2.24, 2.45) is 0 Å². The fraction of sp³-hybridized carbons (Fsp3) is 0. The summed E-state index contributed by atoms with van der Waals surface area (Å²) in [6, 6.07) is 0. The van der Waals surface area contributed by atoms with Crippen LogP contribution >= 0.6 is 0 Å². The van der Waals surface area contributed by atoms with Gasteiger partial charge in [-0.2, -0.15) is 25.3 Å². The Kier molecular flexibility index (Phi) is 13.4. The van der Waals surface area contributed by atoms with E-state index in [1.807, 2.05) is 0 Å². The van der Waals surface area contributed by atoms with Crippen molar-refractivity contribution in [1.82, 2.24) is 0 Å². The molecule has 0 saturated carbocycles. The van der Waals surface area contributed by atoms with Gasteiger partial charge in [0.05, 0.1) is 0 Å². The van der Waals surface area contributed by atoms with Crippen LogP contribution in [0.2, 0.25) is 0 Å². The van der Waals surface area contributed by atoms with Crippen molar-refractivity contribution in [2.75, 3.05) is 0 Å². The highest BCUT2D eigenvalue weighted by atomic mass is 32.3. The molecule has 13 nitrogen and oxygen atoms in total. The summed E-state index contributed by atoms with van der Waals surface area (Å²) in [5.41, 5.74) is 0. The van der Waals surface area contributed by atoms with Crippen molar-refractivity contribution >= 4 is 31.2 Å². The van der Waals surface area contributed by atoms with Crippen molar-refractivity contribution in [3.05, 3.63) is 0 Å². The minimum atomic E-state index is -4.67. The number of rotatable bonds is 0. The highest BCUT2D eigenvalue weighted by Crippen LogP contribution is 1.60. The van der Waals surface area contributed by atoms with E-state index in [4.69, 9.17) is 52.6 Å². The van der Waals surface area contributed by atoms with E-state index >= 15 is 0 Å². The molecule has 8 N–H and O–H groups in total.